The van der Waals surface area contributed by atoms with Gasteiger partial charge in [0.2, 0.25) is 11.8 Å². The molecular weight excluding hydrogens is 356 g/mol. The van der Waals surface area contributed by atoms with Crippen LogP contribution in [0.25, 0.3) is 0 Å². The van der Waals surface area contributed by atoms with E-state index < -0.39 is 5.41 Å². The summed E-state index contributed by atoms with van der Waals surface area (Å²) in [5.41, 5.74) is -0.147. The molecule has 1 N–H and O–H groups in total. The maximum absolute atomic E-state index is 12.7. The Hall–Kier alpha value is -3.02. The van der Waals surface area contributed by atoms with Crippen LogP contribution < -0.4 is 14.8 Å². The second kappa shape index (κ2) is 9.78. The Morgan fingerprint density at radius 1 is 1.00 bits per heavy atom. The molecule has 0 radical (unpaired) electrons. The Morgan fingerprint density at radius 2 is 1.61 bits per heavy atom. The zero-order valence-corrected chi connectivity index (χ0v) is 16.9. The van der Waals surface area contributed by atoms with Gasteiger partial charge >= 0.3 is 0 Å². The second-order valence-electron chi connectivity index (χ2n) is 7.05. The SMILES string of the molecule is COc1ccc(OCCNC(=O)C(C)(C)C(=O)N(C)Cc2ccccc2)cc1. The number of hydrogen-bond donors (Lipinski definition) is 1. The minimum Gasteiger partial charge on any atom is -0.497 e. The number of amides is 2. The molecule has 0 saturated carbocycles. The van der Waals surface area contributed by atoms with Crippen molar-refractivity contribution in [2.24, 2.45) is 5.41 Å². The highest BCUT2D eigenvalue weighted by Crippen LogP contribution is 2.20. The third kappa shape index (κ3) is 5.74. The van der Waals surface area contributed by atoms with Crippen molar-refractivity contribution in [3.8, 4) is 11.5 Å². The fourth-order valence-electron chi connectivity index (χ4n) is 2.73. The molecule has 150 valence electrons. The van der Waals surface area contributed by atoms with Gasteiger partial charge in [0.1, 0.15) is 23.5 Å². The molecule has 0 aromatic heterocycles. The van der Waals surface area contributed by atoms with Gasteiger partial charge in [-0.1, -0.05) is 30.3 Å². The molecule has 0 aliphatic heterocycles. The second-order valence-corrected chi connectivity index (χ2v) is 7.05. The molecule has 0 bridgehead atoms. The van der Waals surface area contributed by atoms with Crippen molar-refractivity contribution >= 4 is 11.8 Å². The summed E-state index contributed by atoms with van der Waals surface area (Å²) in [7, 11) is 3.31. The van der Waals surface area contributed by atoms with Crippen molar-refractivity contribution in [2.45, 2.75) is 20.4 Å². The smallest absolute Gasteiger partial charge is 0.237 e. The quantitative estimate of drug-likeness (QED) is 0.533. The number of nitrogens with one attached hydrogen (secondary N) is 1. The maximum Gasteiger partial charge on any atom is 0.237 e. The van der Waals surface area contributed by atoms with Crippen LogP contribution in [-0.4, -0.2) is 44.0 Å². The summed E-state index contributed by atoms with van der Waals surface area (Å²) in [4.78, 5) is 26.8. The van der Waals surface area contributed by atoms with Gasteiger partial charge in [-0.2, -0.15) is 0 Å². The average molecular weight is 384 g/mol. The summed E-state index contributed by atoms with van der Waals surface area (Å²) in [6, 6.07) is 16.9. The van der Waals surface area contributed by atoms with Gasteiger partial charge < -0.3 is 19.7 Å². The van der Waals surface area contributed by atoms with E-state index in [1.165, 1.54) is 0 Å². The number of nitrogens with zero attached hydrogens (tertiary/aromatic N) is 1. The zero-order valence-electron chi connectivity index (χ0n) is 16.9. The van der Waals surface area contributed by atoms with Gasteiger partial charge in [-0.05, 0) is 43.7 Å². The molecule has 6 heteroatoms. The molecule has 0 fully saturated rings. The van der Waals surface area contributed by atoms with E-state index in [9.17, 15) is 9.59 Å². The lowest BCUT2D eigenvalue weighted by Gasteiger charge is -2.28. The number of methoxy groups -OCH3 is 1. The molecule has 0 spiro atoms. The van der Waals surface area contributed by atoms with E-state index >= 15 is 0 Å². The van der Waals surface area contributed by atoms with Crippen LogP contribution in [0.4, 0.5) is 0 Å². The topological polar surface area (TPSA) is 67.9 Å². The number of carbonyl (C=O) groups is 2. The van der Waals surface area contributed by atoms with Crippen molar-refractivity contribution in [2.75, 3.05) is 27.3 Å². The van der Waals surface area contributed by atoms with Gasteiger partial charge in [-0.3, -0.25) is 9.59 Å². The first-order chi connectivity index (χ1) is 13.3. The van der Waals surface area contributed by atoms with Gasteiger partial charge in [0, 0.05) is 13.6 Å². The monoisotopic (exact) mass is 384 g/mol. The van der Waals surface area contributed by atoms with Crippen LogP contribution in [0.2, 0.25) is 0 Å². The fourth-order valence-corrected chi connectivity index (χ4v) is 2.73. The lowest BCUT2D eigenvalue weighted by Crippen LogP contribution is -2.48. The molecule has 6 nitrogen and oxygen atoms in total. The molecule has 0 aliphatic rings. The minimum absolute atomic E-state index is 0.232. The molecule has 2 aromatic rings. The van der Waals surface area contributed by atoms with E-state index in [0.717, 1.165) is 11.3 Å². The van der Waals surface area contributed by atoms with E-state index in [1.807, 2.05) is 30.3 Å². The Morgan fingerprint density at radius 3 is 2.21 bits per heavy atom. The summed E-state index contributed by atoms with van der Waals surface area (Å²) in [6.45, 7) is 4.34. The molecule has 28 heavy (non-hydrogen) atoms. The summed E-state index contributed by atoms with van der Waals surface area (Å²) in [5.74, 6) is 0.884. The van der Waals surface area contributed by atoms with Crippen LogP contribution in [0.1, 0.15) is 19.4 Å². The van der Waals surface area contributed by atoms with Crippen LogP contribution >= 0.6 is 0 Å². The Balaban J connectivity index is 1.81. The van der Waals surface area contributed by atoms with Crippen LogP contribution in [-0.2, 0) is 16.1 Å². The Bertz CT molecular complexity index is 773. The first-order valence-corrected chi connectivity index (χ1v) is 9.19. The van der Waals surface area contributed by atoms with Crippen molar-refractivity contribution in [1.29, 1.82) is 0 Å². The highest BCUT2D eigenvalue weighted by molar-refractivity contribution is 6.04. The Labute approximate surface area is 166 Å². The molecular formula is C22H28N2O4. The highest BCUT2D eigenvalue weighted by Gasteiger charge is 2.37. The van der Waals surface area contributed by atoms with E-state index in [2.05, 4.69) is 5.32 Å². The average Bonchev–Trinajstić information content (AvgIpc) is 2.71. The standard InChI is InChI=1S/C22H28N2O4/c1-22(2,21(26)24(3)16-17-8-6-5-7-9-17)20(25)23-14-15-28-19-12-10-18(27-4)11-13-19/h5-13H,14-16H2,1-4H3,(H,23,25). The van der Waals surface area contributed by atoms with E-state index in [0.29, 0.717) is 25.4 Å². The van der Waals surface area contributed by atoms with Crippen LogP contribution in [0.5, 0.6) is 11.5 Å². The fraction of sp³-hybridized carbons (Fsp3) is 0.364. The summed E-state index contributed by atoms with van der Waals surface area (Å²) in [6.07, 6.45) is 0. The third-order valence-electron chi connectivity index (χ3n) is 4.43. The summed E-state index contributed by atoms with van der Waals surface area (Å²) >= 11 is 0. The van der Waals surface area contributed by atoms with Gasteiger partial charge in [0.05, 0.1) is 13.7 Å². The van der Waals surface area contributed by atoms with E-state index in [1.54, 1.807) is 57.2 Å². The van der Waals surface area contributed by atoms with Crippen LogP contribution in [0, 0.1) is 5.41 Å². The van der Waals surface area contributed by atoms with Crippen molar-refractivity contribution in [3.63, 3.8) is 0 Å². The number of hydrogen-bond acceptors (Lipinski definition) is 4. The molecule has 2 amide bonds. The highest BCUT2D eigenvalue weighted by atomic mass is 16.5. The molecule has 2 aromatic carbocycles. The molecule has 0 aliphatic carbocycles. The van der Waals surface area contributed by atoms with Gasteiger partial charge in [0.15, 0.2) is 0 Å². The molecule has 0 saturated heterocycles. The van der Waals surface area contributed by atoms with Gasteiger partial charge in [0.25, 0.3) is 0 Å². The summed E-state index contributed by atoms with van der Waals surface area (Å²) < 4.78 is 10.7. The van der Waals surface area contributed by atoms with Gasteiger partial charge in [-0.25, -0.2) is 0 Å². The van der Waals surface area contributed by atoms with Crippen molar-refractivity contribution in [3.05, 3.63) is 60.2 Å². The Kier molecular flexibility index (Phi) is 7.44. The van der Waals surface area contributed by atoms with E-state index in [-0.39, 0.29) is 11.8 Å². The summed E-state index contributed by atoms with van der Waals surface area (Å²) in [5, 5.41) is 2.78. The maximum atomic E-state index is 12.7. The number of ether oxygens (including phenoxy) is 2. The number of carbonyl (C=O) groups excluding carboxylic acids is 2. The number of benzene rings is 2. The predicted octanol–water partition coefficient (Wildman–Crippen LogP) is 2.88. The van der Waals surface area contributed by atoms with Crippen molar-refractivity contribution < 1.29 is 19.1 Å². The lowest BCUT2D eigenvalue weighted by molar-refractivity contribution is -0.148. The lowest BCUT2D eigenvalue weighted by atomic mass is 9.90. The number of rotatable bonds is 9. The van der Waals surface area contributed by atoms with Crippen molar-refractivity contribution in [1.82, 2.24) is 10.2 Å². The third-order valence-corrected chi connectivity index (χ3v) is 4.43. The first kappa shape index (κ1) is 21.3. The normalized spacial score (nSPS) is 10.9. The molecule has 0 atom stereocenters. The zero-order chi connectivity index (χ0) is 20.6. The minimum atomic E-state index is -1.16. The van der Waals surface area contributed by atoms with Crippen LogP contribution in [0.15, 0.2) is 54.6 Å². The molecule has 2 rings (SSSR count). The predicted molar refractivity (Wildman–Crippen MR) is 108 cm³/mol. The first-order valence-electron chi connectivity index (χ1n) is 9.19. The van der Waals surface area contributed by atoms with Crippen LogP contribution in [0.3, 0.4) is 0 Å². The largest absolute Gasteiger partial charge is 0.497 e. The molecule has 0 unspecified atom stereocenters. The van der Waals surface area contributed by atoms with Gasteiger partial charge in [-0.15, -0.1) is 0 Å². The van der Waals surface area contributed by atoms with E-state index in [4.69, 9.17) is 9.47 Å². The molecule has 0 heterocycles.